The van der Waals surface area contributed by atoms with E-state index in [1.165, 1.54) is 18.4 Å². The van der Waals surface area contributed by atoms with Gasteiger partial charge in [-0.25, -0.2) is 9.99 Å². The Kier molecular flexibility index (Phi) is 6.97. The van der Waals surface area contributed by atoms with Crippen molar-refractivity contribution in [3.8, 4) is 0 Å². The molecule has 0 spiro atoms. The highest BCUT2D eigenvalue weighted by Gasteiger charge is 2.24. The molecule has 182 valence electrons. The van der Waals surface area contributed by atoms with Crippen molar-refractivity contribution >= 4 is 22.9 Å². The van der Waals surface area contributed by atoms with E-state index in [9.17, 15) is 0 Å². The lowest BCUT2D eigenvalue weighted by Crippen LogP contribution is -2.39. The number of hydrogen-bond donors (Lipinski definition) is 3. The molecule has 0 unspecified atom stereocenters. The second-order valence-corrected chi connectivity index (χ2v) is 10.3. The highest BCUT2D eigenvalue weighted by atomic mass is 15.5. The van der Waals surface area contributed by atoms with Crippen LogP contribution in [0, 0.1) is 5.92 Å². The fraction of sp³-hybridized carbons (Fsp3) is 0.577. The molecule has 34 heavy (non-hydrogen) atoms. The molecule has 0 radical (unpaired) electrons. The SMILES string of the molecule is CC(C)n1cnc2c(NN3CCC(Cc4ccccc4)CC3)nc(NC3CCC(N)CC3)nc21. The number of nitrogens with zero attached hydrogens (tertiary/aromatic N) is 5. The zero-order valence-electron chi connectivity index (χ0n) is 20.5. The van der Waals surface area contributed by atoms with Crippen LogP contribution in [0.5, 0.6) is 0 Å². The topological polar surface area (TPSA) is 96.9 Å². The van der Waals surface area contributed by atoms with Crippen molar-refractivity contribution < 1.29 is 0 Å². The van der Waals surface area contributed by atoms with Crippen LogP contribution in [0.3, 0.4) is 0 Å². The van der Waals surface area contributed by atoms with E-state index in [-0.39, 0.29) is 6.04 Å². The maximum absolute atomic E-state index is 6.10. The standard InChI is InChI=1S/C26H38N8/c1-18(2)34-17-28-23-24(30-26(31-25(23)34)29-22-10-8-21(27)9-11-22)32-33-14-12-20(13-15-33)16-19-6-4-3-5-7-19/h3-7,17-18,20-22H,8-16,27H2,1-2H3,(H2,29,30,31,32). The van der Waals surface area contributed by atoms with Crippen LogP contribution in [0.2, 0.25) is 0 Å². The van der Waals surface area contributed by atoms with Gasteiger partial charge in [0.2, 0.25) is 5.95 Å². The lowest BCUT2D eigenvalue weighted by Gasteiger charge is -2.32. The van der Waals surface area contributed by atoms with Gasteiger partial charge in [-0.3, -0.25) is 0 Å². The first kappa shape index (κ1) is 23.1. The van der Waals surface area contributed by atoms with Gasteiger partial charge in [-0.15, -0.1) is 0 Å². The Morgan fingerprint density at radius 2 is 1.74 bits per heavy atom. The number of nitrogens with two attached hydrogens (primary N) is 1. The number of imidazole rings is 1. The number of piperidine rings is 1. The van der Waals surface area contributed by atoms with E-state index in [0.717, 1.165) is 68.1 Å². The molecule has 1 saturated carbocycles. The third-order valence-electron chi connectivity index (χ3n) is 7.33. The summed E-state index contributed by atoms with van der Waals surface area (Å²) >= 11 is 0. The highest BCUT2D eigenvalue weighted by Crippen LogP contribution is 2.28. The molecule has 1 aromatic carbocycles. The van der Waals surface area contributed by atoms with Gasteiger partial charge in [-0.2, -0.15) is 9.97 Å². The highest BCUT2D eigenvalue weighted by molar-refractivity contribution is 5.84. The summed E-state index contributed by atoms with van der Waals surface area (Å²) < 4.78 is 2.12. The van der Waals surface area contributed by atoms with Crippen LogP contribution in [0.1, 0.15) is 64.0 Å². The summed E-state index contributed by atoms with van der Waals surface area (Å²) in [5.74, 6) is 2.19. The lowest BCUT2D eigenvalue weighted by atomic mass is 9.91. The molecule has 0 amide bonds. The third-order valence-corrected chi connectivity index (χ3v) is 7.33. The third kappa shape index (κ3) is 5.33. The zero-order chi connectivity index (χ0) is 23.5. The smallest absolute Gasteiger partial charge is 0.227 e. The first-order valence-corrected chi connectivity index (χ1v) is 12.9. The molecule has 1 saturated heterocycles. The summed E-state index contributed by atoms with van der Waals surface area (Å²) in [6.45, 7) is 6.31. The van der Waals surface area contributed by atoms with Crippen molar-refractivity contribution in [2.75, 3.05) is 23.8 Å². The Balaban J connectivity index is 1.30. The van der Waals surface area contributed by atoms with Crippen LogP contribution in [-0.2, 0) is 6.42 Å². The van der Waals surface area contributed by atoms with Crippen LogP contribution >= 0.6 is 0 Å². The van der Waals surface area contributed by atoms with Crippen LogP contribution < -0.4 is 16.5 Å². The summed E-state index contributed by atoms with van der Waals surface area (Å²) in [4.78, 5) is 14.4. The Morgan fingerprint density at radius 1 is 1.00 bits per heavy atom. The van der Waals surface area contributed by atoms with Crippen molar-refractivity contribution in [1.82, 2.24) is 24.5 Å². The fourth-order valence-corrected chi connectivity index (χ4v) is 5.23. The average molecular weight is 463 g/mol. The van der Waals surface area contributed by atoms with E-state index >= 15 is 0 Å². The molecule has 8 heteroatoms. The largest absolute Gasteiger partial charge is 0.351 e. The monoisotopic (exact) mass is 462 g/mol. The molecule has 0 atom stereocenters. The molecule has 8 nitrogen and oxygen atoms in total. The second-order valence-electron chi connectivity index (χ2n) is 10.3. The molecule has 3 aromatic rings. The van der Waals surface area contributed by atoms with Gasteiger partial charge >= 0.3 is 0 Å². The van der Waals surface area contributed by atoms with E-state index in [0.29, 0.717) is 18.0 Å². The zero-order valence-corrected chi connectivity index (χ0v) is 20.5. The maximum Gasteiger partial charge on any atom is 0.227 e. The van der Waals surface area contributed by atoms with Gasteiger partial charge in [0.05, 0.1) is 6.33 Å². The minimum absolute atomic E-state index is 0.280. The van der Waals surface area contributed by atoms with Crippen molar-refractivity contribution in [3.63, 3.8) is 0 Å². The minimum Gasteiger partial charge on any atom is -0.351 e. The number of benzene rings is 1. The first-order chi connectivity index (χ1) is 16.5. The molecule has 1 aliphatic carbocycles. The Labute approximate surface area is 202 Å². The van der Waals surface area contributed by atoms with E-state index in [2.05, 4.69) is 69.5 Å². The molecule has 4 N–H and O–H groups in total. The lowest BCUT2D eigenvalue weighted by molar-refractivity contribution is 0.216. The molecule has 2 aliphatic rings. The van der Waals surface area contributed by atoms with Crippen molar-refractivity contribution in [2.45, 2.75) is 76.9 Å². The van der Waals surface area contributed by atoms with Gasteiger partial charge in [0, 0.05) is 31.2 Å². The molecule has 3 heterocycles. The van der Waals surface area contributed by atoms with Gasteiger partial charge in [-0.05, 0) is 70.3 Å². The Hall–Kier alpha value is -2.71. The molecule has 0 bridgehead atoms. The summed E-state index contributed by atoms with van der Waals surface area (Å²) in [6.07, 6.45) is 9.59. The minimum atomic E-state index is 0.280. The van der Waals surface area contributed by atoms with Gasteiger partial charge in [-0.1, -0.05) is 30.3 Å². The predicted octanol–water partition coefficient (Wildman–Crippen LogP) is 4.37. The average Bonchev–Trinajstić information content (AvgIpc) is 3.27. The van der Waals surface area contributed by atoms with Crippen molar-refractivity contribution in [3.05, 3.63) is 42.2 Å². The number of nitrogens with one attached hydrogen (secondary N) is 2. The number of fused-ring (bicyclic) bond motifs is 1. The number of aromatic nitrogens is 4. The Bertz CT molecular complexity index is 1060. The van der Waals surface area contributed by atoms with Crippen LogP contribution in [0.4, 0.5) is 11.8 Å². The normalized spacial score (nSPS) is 22.4. The fourth-order valence-electron chi connectivity index (χ4n) is 5.23. The van der Waals surface area contributed by atoms with Crippen LogP contribution in [-0.4, -0.2) is 49.7 Å². The van der Waals surface area contributed by atoms with Crippen LogP contribution in [0.25, 0.3) is 11.2 Å². The van der Waals surface area contributed by atoms with Gasteiger partial charge < -0.3 is 21.0 Å². The van der Waals surface area contributed by atoms with Crippen LogP contribution in [0.15, 0.2) is 36.7 Å². The van der Waals surface area contributed by atoms with E-state index < -0.39 is 0 Å². The second kappa shape index (κ2) is 10.3. The maximum atomic E-state index is 6.10. The number of anilines is 2. The predicted molar refractivity (Wildman–Crippen MR) is 138 cm³/mol. The van der Waals surface area contributed by atoms with E-state index in [1.807, 2.05) is 6.33 Å². The molecular formula is C26H38N8. The molecule has 2 aromatic heterocycles. The summed E-state index contributed by atoms with van der Waals surface area (Å²) in [5.41, 5.74) is 12.8. The summed E-state index contributed by atoms with van der Waals surface area (Å²) in [6, 6.07) is 11.8. The summed E-state index contributed by atoms with van der Waals surface area (Å²) in [5, 5.41) is 5.88. The molecule has 5 rings (SSSR count). The van der Waals surface area contributed by atoms with Crippen molar-refractivity contribution in [2.24, 2.45) is 11.7 Å². The van der Waals surface area contributed by atoms with Gasteiger partial charge in [0.1, 0.15) is 0 Å². The molecule has 1 aliphatic heterocycles. The molecular weight excluding hydrogens is 424 g/mol. The first-order valence-electron chi connectivity index (χ1n) is 12.9. The summed E-state index contributed by atoms with van der Waals surface area (Å²) in [7, 11) is 0. The van der Waals surface area contributed by atoms with Gasteiger partial charge in [0.25, 0.3) is 0 Å². The molecule has 2 fully saturated rings. The van der Waals surface area contributed by atoms with Crippen molar-refractivity contribution in [1.29, 1.82) is 0 Å². The van der Waals surface area contributed by atoms with Gasteiger partial charge in [0.15, 0.2) is 17.0 Å². The van der Waals surface area contributed by atoms with E-state index in [1.54, 1.807) is 0 Å². The Morgan fingerprint density at radius 3 is 2.44 bits per heavy atom. The quantitative estimate of drug-likeness (QED) is 0.480. The number of rotatable bonds is 7. The number of hydrogen-bond acceptors (Lipinski definition) is 7. The number of hydrazine groups is 1. The van der Waals surface area contributed by atoms with E-state index in [4.69, 9.17) is 15.7 Å².